The molecule has 0 fully saturated rings. The number of hydrogen-bond donors (Lipinski definition) is 1. The molecule has 2 aromatic rings. The van der Waals surface area contributed by atoms with Crippen molar-refractivity contribution in [3.63, 3.8) is 0 Å². The third kappa shape index (κ3) is 2.80. The number of nitrogens with one attached hydrogen (secondary N) is 1. The fourth-order valence-corrected chi connectivity index (χ4v) is 2.63. The lowest BCUT2D eigenvalue weighted by Crippen LogP contribution is -2.30. The number of nitrogens with zero attached hydrogens (tertiary/aromatic N) is 3. The summed E-state index contributed by atoms with van der Waals surface area (Å²) in [7, 11) is 2.11. The minimum atomic E-state index is 0.876. The van der Waals surface area contributed by atoms with Crippen LogP contribution in [0.5, 0.6) is 0 Å². The van der Waals surface area contributed by atoms with Gasteiger partial charge in [0.1, 0.15) is 12.1 Å². The van der Waals surface area contributed by atoms with Crippen molar-refractivity contribution in [1.82, 2.24) is 15.3 Å². The second kappa shape index (κ2) is 6.01. The maximum atomic E-state index is 4.48. The summed E-state index contributed by atoms with van der Waals surface area (Å²) >= 11 is 0. The van der Waals surface area contributed by atoms with Crippen molar-refractivity contribution in [2.24, 2.45) is 0 Å². The first-order valence-electron chi connectivity index (χ1n) is 7.13. The van der Waals surface area contributed by atoms with Gasteiger partial charge in [-0.1, -0.05) is 30.3 Å². The largest absolute Gasteiger partial charge is 0.359 e. The molecule has 1 aromatic heterocycles. The third-order valence-corrected chi connectivity index (χ3v) is 3.79. The van der Waals surface area contributed by atoms with Crippen LogP contribution in [-0.4, -0.2) is 30.1 Å². The highest BCUT2D eigenvalue weighted by Gasteiger charge is 2.17. The molecule has 0 aliphatic carbocycles. The molecule has 2 heterocycles. The zero-order valence-electron chi connectivity index (χ0n) is 11.8. The smallest absolute Gasteiger partial charge is 0.136 e. The molecule has 3 rings (SSSR count). The third-order valence-electron chi connectivity index (χ3n) is 3.79. The van der Waals surface area contributed by atoms with Gasteiger partial charge in [0.25, 0.3) is 0 Å². The lowest BCUT2D eigenvalue weighted by Gasteiger charge is -2.25. The van der Waals surface area contributed by atoms with E-state index >= 15 is 0 Å². The quantitative estimate of drug-likeness (QED) is 0.918. The van der Waals surface area contributed by atoms with Crippen LogP contribution in [0.1, 0.15) is 16.8 Å². The van der Waals surface area contributed by atoms with Gasteiger partial charge in [-0.05, 0) is 12.0 Å². The topological polar surface area (TPSA) is 41.1 Å². The van der Waals surface area contributed by atoms with Crippen LogP contribution >= 0.6 is 0 Å². The molecule has 0 radical (unpaired) electrons. The number of benzene rings is 1. The second-order valence-electron chi connectivity index (χ2n) is 5.21. The Morgan fingerprint density at radius 3 is 2.90 bits per heavy atom. The van der Waals surface area contributed by atoms with E-state index in [1.165, 1.54) is 16.8 Å². The van der Waals surface area contributed by atoms with Crippen LogP contribution < -0.4 is 10.2 Å². The van der Waals surface area contributed by atoms with Gasteiger partial charge < -0.3 is 10.2 Å². The van der Waals surface area contributed by atoms with Gasteiger partial charge in [0, 0.05) is 38.7 Å². The zero-order chi connectivity index (χ0) is 13.8. The van der Waals surface area contributed by atoms with Crippen molar-refractivity contribution < 1.29 is 0 Å². The van der Waals surface area contributed by atoms with E-state index in [4.69, 9.17) is 0 Å². The minimum Gasteiger partial charge on any atom is -0.359 e. The molecule has 20 heavy (non-hydrogen) atoms. The number of anilines is 1. The lowest BCUT2D eigenvalue weighted by molar-refractivity contribution is 0.622. The standard InChI is InChI=1S/C16H20N4/c1-20(10-8-13-5-3-2-4-6-13)16-14-11-17-9-7-15(14)18-12-19-16/h2-6,12,17H,7-11H2,1H3. The fourth-order valence-electron chi connectivity index (χ4n) is 2.63. The molecule has 4 nitrogen and oxygen atoms in total. The molecule has 0 unspecified atom stereocenters. The average Bonchev–Trinajstić information content (AvgIpc) is 2.53. The van der Waals surface area contributed by atoms with Gasteiger partial charge in [-0.2, -0.15) is 0 Å². The first kappa shape index (κ1) is 13.1. The molecule has 1 N–H and O–H groups in total. The SMILES string of the molecule is CN(CCc1ccccc1)c1ncnc2c1CNCC2. The van der Waals surface area contributed by atoms with Gasteiger partial charge in [-0.3, -0.25) is 0 Å². The lowest BCUT2D eigenvalue weighted by atomic mass is 10.1. The summed E-state index contributed by atoms with van der Waals surface area (Å²) in [5.74, 6) is 1.07. The fraction of sp³-hybridized carbons (Fsp3) is 0.375. The van der Waals surface area contributed by atoms with Crippen molar-refractivity contribution in [1.29, 1.82) is 0 Å². The number of fused-ring (bicyclic) bond motifs is 1. The van der Waals surface area contributed by atoms with Crippen molar-refractivity contribution in [2.45, 2.75) is 19.4 Å². The highest BCUT2D eigenvalue weighted by atomic mass is 15.2. The van der Waals surface area contributed by atoms with Crippen LogP contribution in [0.25, 0.3) is 0 Å². The molecule has 0 atom stereocenters. The van der Waals surface area contributed by atoms with Gasteiger partial charge >= 0.3 is 0 Å². The Kier molecular flexibility index (Phi) is 3.92. The molecule has 1 aromatic carbocycles. The average molecular weight is 268 g/mol. The predicted octanol–water partition coefficient (Wildman–Crippen LogP) is 1.80. The first-order valence-corrected chi connectivity index (χ1v) is 7.13. The normalized spacial score (nSPS) is 13.8. The Hall–Kier alpha value is -1.94. The summed E-state index contributed by atoms with van der Waals surface area (Å²) in [5.41, 5.74) is 3.81. The second-order valence-corrected chi connectivity index (χ2v) is 5.21. The van der Waals surface area contributed by atoms with E-state index < -0.39 is 0 Å². The molecule has 4 heteroatoms. The van der Waals surface area contributed by atoms with E-state index in [9.17, 15) is 0 Å². The Bertz CT molecular complexity index is 568. The van der Waals surface area contributed by atoms with Gasteiger partial charge in [0.15, 0.2) is 0 Å². The maximum Gasteiger partial charge on any atom is 0.136 e. The Morgan fingerprint density at radius 2 is 2.05 bits per heavy atom. The molecule has 0 saturated carbocycles. The summed E-state index contributed by atoms with van der Waals surface area (Å²) in [6.07, 6.45) is 3.72. The molecular formula is C16H20N4. The number of hydrogen-bond acceptors (Lipinski definition) is 4. The van der Waals surface area contributed by atoms with Crippen LogP contribution in [0.4, 0.5) is 5.82 Å². The summed E-state index contributed by atoms with van der Waals surface area (Å²) in [4.78, 5) is 11.1. The van der Waals surface area contributed by atoms with Gasteiger partial charge in [0.05, 0.1) is 5.69 Å². The molecule has 1 aliphatic rings. The highest BCUT2D eigenvalue weighted by molar-refractivity contribution is 5.48. The highest BCUT2D eigenvalue weighted by Crippen LogP contribution is 2.21. The van der Waals surface area contributed by atoms with E-state index in [2.05, 4.69) is 57.6 Å². The van der Waals surface area contributed by atoms with Gasteiger partial charge in [0.2, 0.25) is 0 Å². The summed E-state index contributed by atoms with van der Waals surface area (Å²) in [6.45, 7) is 2.85. The van der Waals surface area contributed by atoms with Crippen LogP contribution in [0, 0.1) is 0 Å². The van der Waals surface area contributed by atoms with Gasteiger partial charge in [-0.15, -0.1) is 0 Å². The van der Waals surface area contributed by atoms with Gasteiger partial charge in [-0.25, -0.2) is 9.97 Å². The molecular weight excluding hydrogens is 248 g/mol. The van der Waals surface area contributed by atoms with Crippen LogP contribution in [0.3, 0.4) is 0 Å². The summed E-state index contributed by atoms with van der Waals surface area (Å²) in [5, 5.41) is 3.40. The number of aromatic nitrogens is 2. The minimum absolute atomic E-state index is 0.876. The van der Waals surface area contributed by atoms with Crippen molar-refractivity contribution in [2.75, 3.05) is 25.0 Å². The van der Waals surface area contributed by atoms with E-state index in [1.807, 2.05) is 0 Å². The maximum absolute atomic E-state index is 4.48. The Balaban J connectivity index is 1.72. The zero-order valence-corrected chi connectivity index (χ0v) is 11.8. The molecule has 1 aliphatic heterocycles. The van der Waals surface area contributed by atoms with E-state index in [-0.39, 0.29) is 0 Å². The monoisotopic (exact) mass is 268 g/mol. The van der Waals surface area contributed by atoms with Crippen LogP contribution in [-0.2, 0) is 19.4 Å². The number of rotatable bonds is 4. The van der Waals surface area contributed by atoms with Crippen LogP contribution in [0.15, 0.2) is 36.7 Å². The Labute approximate surface area is 119 Å². The van der Waals surface area contributed by atoms with Crippen LogP contribution in [0.2, 0.25) is 0 Å². The number of likely N-dealkylation sites (N-methyl/N-ethyl adjacent to an activating group) is 1. The summed E-state index contributed by atoms with van der Waals surface area (Å²) < 4.78 is 0. The Morgan fingerprint density at radius 1 is 1.20 bits per heavy atom. The van der Waals surface area contributed by atoms with E-state index in [1.54, 1.807) is 6.33 Å². The molecule has 0 saturated heterocycles. The van der Waals surface area contributed by atoms with E-state index in [0.29, 0.717) is 0 Å². The first-order chi connectivity index (χ1) is 9.84. The molecule has 0 amide bonds. The summed E-state index contributed by atoms with van der Waals surface area (Å²) in [6, 6.07) is 10.6. The molecule has 104 valence electrons. The van der Waals surface area contributed by atoms with E-state index in [0.717, 1.165) is 38.3 Å². The van der Waals surface area contributed by atoms with Crippen molar-refractivity contribution >= 4 is 5.82 Å². The molecule has 0 spiro atoms. The molecule has 0 bridgehead atoms. The van der Waals surface area contributed by atoms with Crippen molar-refractivity contribution in [3.8, 4) is 0 Å². The predicted molar refractivity (Wildman–Crippen MR) is 80.9 cm³/mol. The van der Waals surface area contributed by atoms with Crippen molar-refractivity contribution in [3.05, 3.63) is 53.5 Å².